The Morgan fingerprint density at radius 3 is 2.12 bits per heavy atom. The van der Waals surface area contributed by atoms with Gasteiger partial charge in [-0.1, -0.05) is 46.5 Å². The predicted molar refractivity (Wildman–Crippen MR) is 73.6 cm³/mol. The van der Waals surface area contributed by atoms with Crippen molar-refractivity contribution in [3.05, 3.63) is 0 Å². The van der Waals surface area contributed by atoms with Crippen LogP contribution in [0.5, 0.6) is 0 Å². The van der Waals surface area contributed by atoms with E-state index in [4.69, 9.17) is 5.73 Å². The molecule has 2 nitrogen and oxygen atoms in total. The molecule has 0 amide bonds. The number of hydrogen-bond acceptors (Lipinski definition) is 2. The Balaban J connectivity index is 3.58. The zero-order valence-corrected chi connectivity index (χ0v) is 11.6. The van der Waals surface area contributed by atoms with Gasteiger partial charge in [-0.3, -0.25) is 0 Å². The lowest BCUT2D eigenvalue weighted by molar-refractivity contribution is 0.384. The molecule has 98 valence electrons. The fourth-order valence-corrected chi connectivity index (χ4v) is 2.15. The van der Waals surface area contributed by atoms with Crippen LogP contribution < -0.4 is 11.1 Å². The SMILES string of the molecule is CCCCC(CC)CNCC(CN)CCC. The first-order valence-corrected chi connectivity index (χ1v) is 7.19. The fraction of sp³-hybridized carbons (Fsp3) is 1.00. The minimum atomic E-state index is 0.675. The summed E-state index contributed by atoms with van der Waals surface area (Å²) in [6, 6.07) is 0. The first-order chi connectivity index (χ1) is 7.78. The zero-order chi connectivity index (χ0) is 12.2. The Labute approximate surface area is 102 Å². The third-order valence-electron chi connectivity index (χ3n) is 3.44. The van der Waals surface area contributed by atoms with Crippen LogP contribution in [0.4, 0.5) is 0 Å². The Bertz CT molecular complexity index is 137. The Morgan fingerprint density at radius 2 is 1.62 bits per heavy atom. The highest BCUT2D eigenvalue weighted by atomic mass is 14.9. The highest BCUT2D eigenvalue weighted by Gasteiger charge is 2.08. The molecule has 0 aliphatic heterocycles. The van der Waals surface area contributed by atoms with E-state index in [2.05, 4.69) is 26.1 Å². The van der Waals surface area contributed by atoms with E-state index in [1.165, 1.54) is 45.1 Å². The van der Waals surface area contributed by atoms with Crippen molar-refractivity contribution in [1.82, 2.24) is 5.32 Å². The van der Waals surface area contributed by atoms with E-state index in [1.807, 2.05) is 0 Å². The van der Waals surface area contributed by atoms with Crippen LogP contribution in [0.1, 0.15) is 59.3 Å². The Morgan fingerprint density at radius 1 is 0.938 bits per heavy atom. The standard InChI is InChI=1S/C14H32N2/c1-4-7-9-13(6-3)11-16-12-14(10-15)8-5-2/h13-14,16H,4-12,15H2,1-3H3. The largest absolute Gasteiger partial charge is 0.330 e. The van der Waals surface area contributed by atoms with Gasteiger partial charge in [0, 0.05) is 0 Å². The maximum absolute atomic E-state index is 5.75. The summed E-state index contributed by atoms with van der Waals surface area (Å²) in [4.78, 5) is 0. The van der Waals surface area contributed by atoms with Crippen molar-refractivity contribution in [2.24, 2.45) is 17.6 Å². The maximum Gasteiger partial charge on any atom is -0.000835 e. The molecule has 0 aliphatic carbocycles. The molecule has 3 N–H and O–H groups in total. The van der Waals surface area contributed by atoms with Crippen molar-refractivity contribution in [2.75, 3.05) is 19.6 Å². The van der Waals surface area contributed by atoms with Crippen molar-refractivity contribution in [3.63, 3.8) is 0 Å². The Kier molecular flexibility index (Phi) is 11.3. The molecular weight excluding hydrogens is 196 g/mol. The lowest BCUT2D eigenvalue weighted by atomic mass is 9.98. The number of hydrogen-bond donors (Lipinski definition) is 2. The van der Waals surface area contributed by atoms with Crippen molar-refractivity contribution in [1.29, 1.82) is 0 Å². The first-order valence-electron chi connectivity index (χ1n) is 7.19. The molecule has 0 saturated carbocycles. The molecule has 0 aliphatic rings. The Hall–Kier alpha value is -0.0800. The summed E-state index contributed by atoms with van der Waals surface area (Å²) in [5.41, 5.74) is 5.75. The van der Waals surface area contributed by atoms with Crippen LogP contribution in [0, 0.1) is 11.8 Å². The van der Waals surface area contributed by atoms with E-state index < -0.39 is 0 Å². The molecule has 2 unspecified atom stereocenters. The molecule has 16 heavy (non-hydrogen) atoms. The monoisotopic (exact) mass is 228 g/mol. The van der Waals surface area contributed by atoms with Crippen LogP contribution in [0.15, 0.2) is 0 Å². The molecule has 0 aromatic rings. The fourth-order valence-electron chi connectivity index (χ4n) is 2.15. The zero-order valence-electron chi connectivity index (χ0n) is 11.6. The third-order valence-corrected chi connectivity index (χ3v) is 3.44. The van der Waals surface area contributed by atoms with E-state index >= 15 is 0 Å². The molecule has 0 bridgehead atoms. The van der Waals surface area contributed by atoms with Gasteiger partial charge in [0.15, 0.2) is 0 Å². The topological polar surface area (TPSA) is 38.0 Å². The second kappa shape index (κ2) is 11.4. The van der Waals surface area contributed by atoms with Gasteiger partial charge >= 0.3 is 0 Å². The van der Waals surface area contributed by atoms with Crippen LogP contribution in [0.2, 0.25) is 0 Å². The highest BCUT2D eigenvalue weighted by Crippen LogP contribution is 2.11. The second-order valence-corrected chi connectivity index (χ2v) is 4.97. The number of rotatable bonds is 11. The normalized spacial score (nSPS) is 15.0. The minimum Gasteiger partial charge on any atom is -0.330 e. The van der Waals surface area contributed by atoms with E-state index in [-0.39, 0.29) is 0 Å². The van der Waals surface area contributed by atoms with E-state index in [9.17, 15) is 0 Å². The number of nitrogens with one attached hydrogen (secondary N) is 1. The van der Waals surface area contributed by atoms with Crippen LogP contribution in [0.25, 0.3) is 0 Å². The summed E-state index contributed by atoms with van der Waals surface area (Å²) < 4.78 is 0. The van der Waals surface area contributed by atoms with Gasteiger partial charge in [0.1, 0.15) is 0 Å². The van der Waals surface area contributed by atoms with E-state index in [0.29, 0.717) is 5.92 Å². The molecule has 2 heteroatoms. The number of unbranched alkanes of at least 4 members (excludes halogenated alkanes) is 1. The highest BCUT2D eigenvalue weighted by molar-refractivity contribution is 4.66. The van der Waals surface area contributed by atoms with E-state index in [1.54, 1.807) is 0 Å². The summed E-state index contributed by atoms with van der Waals surface area (Å²) in [6.07, 6.45) is 7.87. The quantitative estimate of drug-likeness (QED) is 0.570. The predicted octanol–water partition coefficient (Wildman–Crippen LogP) is 3.17. The molecule has 0 rings (SSSR count). The van der Waals surface area contributed by atoms with Crippen molar-refractivity contribution >= 4 is 0 Å². The average molecular weight is 228 g/mol. The maximum atomic E-state index is 5.75. The van der Waals surface area contributed by atoms with Crippen LogP contribution in [-0.4, -0.2) is 19.6 Å². The van der Waals surface area contributed by atoms with Gasteiger partial charge in [-0.2, -0.15) is 0 Å². The van der Waals surface area contributed by atoms with Crippen molar-refractivity contribution < 1.29 is 0 Å². The minimum absolute atomic E-state index is 0.675. The summed E-state index contributed by atoms with van der Waals surface area (Å²) in [5.74, 6) is 1.54. The van der Waals surface area contributed by atoms with Gasteiger partial charge in [0.2, 0.25) is 0 Å². The molecule has 0 aromatic heterocycles. The molecule has 0 aromatic carbocycles. The summed E-state index contributed by atoms with van der Waals surface area (Å²) in [6.45, 7) is 9.91. The van der Waals surface area contributed by atoms with Crippen LogP contribution >= 0.6 is 0 Å². The smallest absolute Gasteiger partial charge is 0.000835 e. The second-order valence-electron chi connectivity index (χ2n) is 4.97. The van der Waals surface area contributed by atoms with Gasteiger partial charge in [-0.05, 0) is 44.3 Å². The molecule has 0 fully saturated rings. The van der Waals surface area contributed by atoms with Gasteiger partial charge in [-0.15, -0.1) is 0 Å². The van der Waals surface area contributed by atoms with Gasteiger partial charge in [0.05, 0.1) is 0 Å². The first kappa shape index (κ1) is 15.9. The molecule has 0 heterocycles. The summed E-state index contributed by atoms with van der Waals surface area (Å²) in [5, 5.41) is 3.60. The lowest BCUT2D eigenvalue weighted by Crippen LogP contribution is -2.31. The lowest BCUT2D eigenvalue weighted by Gasteiger charge is -2.19. The molecule has 0 saturated heterocycles. The number of nitrogens with two attached hydrogens (primary N) is 1. The summed E-state index contributed by atoms with van der Waals surface area (Å²) >= 11 is 0. The van der Waals surface area contributed by atoms with E-state index in [0.717, 1.165) is 19.0 Å². The molecule has 0 radical (unpaired) electrons. The molecule has 0 spiro atoms. The van der Waals surface area contributed by atoms with Gasteiger partial charge in [0.25, 0.3) is 0 Å². The van der Waals surface area contributed by atoms with Crippen molar-refractivity contribution in [2.45, 2.75) is 59.3 Å². The van der Waals surface area contributed by atoms with Gasteiger partial charge < -0.3 is 11.1 Å². The van der Waals surface area contributed by atoms with Gasteiger partial charge in [-0.25, -0.2) is 0 Å². The molecular formula is C14H32N2. The van der Waals surface area contributed by atoms with Crippen LogP contribution in [0.3, 0.4) is 0 Å². The average Bonchev–Trinajstić information content (AvgIpc) is 2.32. The summed E-state index contributed by atoms with van der Waals surface area (Å²) in [7, 11) is 0. The van der Waals surface area contributed by atoms with Crippen LogP contribution in [-0.2, 0) is 0 Å². The van der Waals surface area contributed by atoms with Crippen molar-refractivity contribution in [3.8, 4) is 0 Å². The molecule has 2 atom stereocenters. The third kappa shape index (κ3) is 8.12.